The highest BCUT2D eigenvalue weighted by atomic mass is 16.2. The van der Waals surface area contributed by atoms with Crippen molar-refractivity contribution in [2.75, 3.05) is 45.8 Å². The molecule has 2 fully saturated rings. The van der Waals surface area contributed by atoms with Crippen molar-refractivity contribution >= 4 is 11.8 Å². The van der Waals surface area contributed by atoms with Crippen LogP contribution in [0.25, 0.3) is 0 Å². The Labute approximate surface area is 150 Å². The van der Waals surface area contributed by atoms with Crippen LogP contribution in [0.15, 0.2) is 30.3 Å². The lowest BCUT2D eigenvalue weighted by atomic mass is 9.92. The van der Waals surface area contributed by atoms with Crippen molar-refractivity contribution in [1.29, 1.82) is 0 Å². The lowest BCUT2D eigenvalue weighted by Crippen LogP contribution is -2.52. The standard InChI is InChI=1S/C20H29N3O2/c1-17(24)22-12-14-23(15-13-22)20(25)16-21-10-5-8-19(9-11-21)18-6-3-2-4-7-18/h2-4,6-7,19H,5,8-16H2,1H3/t19-/m0/s1. The van der Waals surface area contributed by atoms with Crippen molar-refractivity contribution < 1.29 is 9.59 Å². The summed E-state index contributed by atoms with van der Waals surface area (Å²) in [7, 11) is 0. The Bertz CT molecular complexity index is 582. The van der Waals surface area contributed by atoms with Crippen LogP contribution in [0.5, 0.6) is 0 Å². The fraction of sp³-hybridized carbons (Fsp3) is 0.600. The molecule has 2 aliphatic rings. The zero-order valence-electron chi connectivity index (χ0n) is 15.2. The lowest BCUT2D eigenvalue weighted by molar-refractivity contribution is -0.139. The summed E-state index contributed by atoms with van der Waals surface area (Å²) in [5.74, 6) is 0.924. The number of carbonyl (C=O) groups excluding carboxylic acids is 2. The minimum absolute atomic E-state index is 0.103. The van der Waals surface area contributed by atoms with Crippen LogP contribution in [-0.2, 0) is 9.59 Å². The highest BCUT2D eigenvalue weighted by Crippen LogP contribution is 2.27. The molecule has 136 valence electrons. The maximum Gasteiger partial charge on any atom is 0.236 e. The van der Waals surface area contributed by atoms with Gasteiger partial charge in [-0.25, -0.2) is 0 Å². The third-order valence-electron chi connectivity index (χ3n) is 5.53. The van der Waals surface area contributed by atoms with E-state index in [0.717, 1.165) is 25.9 Å². The molecule has 3 rings (SSSR count). The van der Waals surface area contributed by atoms with Crippen LogP contribution in [0, 0.1) is 0 Å². The number of likely N-dealkylation sites (tertiary alicyclic amines) is 1. The number of nitrogens with zero attached hydrogens (tertiary/aromatic N) is 3. The van der Waals surface area contributed by atoms with Crippen LogP contribution in [0.3, 0.4) is 0 Å². The predicted molar refractivity (Wildman–Crippen MR) is 98.3 cm³/mol. The van der Waals surface area contributed by atoms with Crippen LogP contribution >= 0.6 is 0 Å². The first-order valence-electron chi connectivity index (χ1n) is 9.44. The fourth-order valence-electron chi connectivity index (χ4n) is 3.93. The minimum atomic E-state index is 0.103. The molecule has 0 radical (unpaired) electrons. The van der Waals surface area contributed by atoms with Gasteiger partial charge in [0, 0.05) is 33.1 Å². The predicted octanol–water partition coefficient (Wildman–Crippen LogP) is 1.95. The van der Waals surface area contributed by atoms with Gasteiger partial charge in [0.15, 0.2) is 0 Å². The van der Waals surface area contributed by atoms with Crippen LogP contribution in [0.4, 0.5) is 0 Å². The van der Waals surface area contributed by atoms with Crippen LogP contribution < -0.4 is 0 Å². The summed E-state index contributed by atoms with van der Waals surface area (Å²) in [6.45, 7) is 6.76. The number of hydrogen-bond donors (Lipinski definition) is 0. The molecule has 0 spiro atoms. The van der Waals surface area contributed by atoms with Gasteiger partial charge in [0.05, 0.1) is 6.54 Å². The van der Waals surface area contributed by atoms with E-state index < -0.39 is 0 Å². The third kappa shape index (κ3) is 4.82. The average Bonchev–Trinajstić information content (AvgIpc) is 2.88. The summed E-state index contributed by atoms with van der Waals surface area (Å²) < 4.78 is 0. The smallest absolute Gasteiger partial charge is 0.236 e. The maximum atomic E-state index is 12.6. The van der Waals surface area contributed by atoms with Gasteiger partial charge in [-0.3, -0.25) is 14.5 Å². The monoisotopic (exact) mass is 343 g/mol. The van der Waals surface area contributed by atoms with Gasteiger partial charge >= 0.3 is 0 Å². The summed E-state index contributed by atoms with van der Waals surface area (Å²) in [6.07, 6.45) is 3.46. The van der Waals surface area contributed by atoms with Gasteiger partial charge in [-0.2, -0.15) is 0 Å². The Morgan fingerprint density at radius 1 is 0.920 bits per heavy atom. The van der Waals surface area contributed by atoms with Gasteiger partial charge in [0.1, 0.15) is 0 Å². The molecule has 25 heavy (non-hydrogen) atoms. The van der Waals surface area contributed by atoms with Crippen LogP contribution in [-0.4, -0.2) is 72.3 Å². The number of hydrogen-bond acceptors (Lipinski definition) is 3. The quantitative estimate of drug-likeness (QED) is 0.842. The molecule has 5 heteroatoms. The lowest BCUT2D eigenvalue weighted by Gasteiger charge is -2.35. The molecule has 2 amide bonds. The van der Waals surface area contributed by atoms with Crippen molar-refractivity contribution in [3.8, 4) is 0 Å². The maximum absolute atomic E-state index is 12.6. The van der Waals surface area contributed by atoms with Gasteiger partial charge in [-0.05, 0) is 43.8 Å². The Hall–Kier alpha value is -1.88. The van der Waals surface area contributed by atoms with E-state index in [0.29, 0.717) is 38.6 Å². The van der Waals surface area contributed by atoms with Gasteiger partial charge in [0.2, 0.25) is 11.8 Å². The molecule has 0 unspecified atom stereocenters. The molecule has 5 nitrogen and oxygen atoms in total. The zero-order valence-corrected chi connectivity index (χ0v) is 15.2. The largest absolute Gasteiger partial charge is 0.339 e. The molecule has 1 aromatic carbocycles. The molecule has 0 aromatic heterocycles. The first kappa shape index (κ1) is 17.9. The van der Waals surface area contributed by atoms with Crippen molar-refractivity contribution in [3.63, 3.8) is 0 Å². The van der Waals surface area contributed by atoms with E-state index in [2.05, 4.69) is 35.2 Å². The number of carbonyl (C=O) groups is 2. The van der Waals surface area contributed by atoms with E-state index >= 15 is 0 Å². The second-order valence-corrected chi connectivity index (χ2v) is 7.20. The van der Waals surface area contributed by atoms with E-state index in [4.69, 9.17) is 0 Å². The fourth-order valence-corrected chi connectivity index (χ4v) is 3.93. The number of amides is 2. The van der Waals surface area contributed by atoms with E-state index in [-0.39, 0.29) is 11.8 Å². The average molecular weight is 343 g/mol. The Kier molecular flexibility index (Phi) is 6.08. The SMILES string of the molecule is CC(=O)N1CCN(C(=O)CN2CCC[C@H](c3ccccc3)CC2)CC1. The molecule has 0 N–H and O–H groups in total. The second-order valence-electron chi connectivity index (χ2n) is 7.20. The molecule has 2 aliphatic heterocycles. The van der Waals surface area contributed by atoms with E-state index in [9.17, 15) is 9.59 Å². The van der Waals surface area contributed by atoms with Crippen molar-refractivity contribution in [1.82, 2.24) is 14.7 Å². The zero-order chi connectivity index (χ0) is 17.6. The molecule has 1 aromatic rings. The molecule has 0 saturated carbocycles. The third-order valence-corrected chi connectivity index (χ3v) is 5.53. The number of rotatable bonds is 3. The molecule has 2 saturated heterocycles. The van der Waals surface area contributed by atoms with Gasteiger partial charge < -0.3 is 9.80 Å². The normalized spacial score (nSPS) is 22.5. The molecule has 1 atom stereocenters. The molecular formula is C20H29N3O2. The van der Waals surface area contributed by atoms with E-state index in [1.165, 1.54) is 12.0 Å². The van der Waals surface area contributed by atoms with Crippen molar-refractivity contribution in [2.24, 2.45) is 0 Å². The summed E-state index contributed by atoms with van der Waals surface area (Å²) in [5.41, 5.74) is 1.43. The van der Waals surface area contributed by atoms with Gasteiger partial charge in [0.25, 0.3) is 0 Å². The Morgan fingerprint density at radius 3 is 2.28 bits per heavy atom. The number of piperazine rings is 1. The summed E-state index contributed by atoms with van der Waals surface area (Å²) >= 11 is 0. The van der Waals surface area contributed by atoms with Gasteiger partial charge in [-0.1, -0.05) is 30.3 Å². The van der Waals surface area contributed by atoms with E-state index in [1.807, 2.05) is 9.80 Å². The Morgan fingerprint density at radius 2 is 1.60 bits per heavy atom. The second kappa shape index (κ2) is 8.48. The van der Waals surface area contributed by atoms with Crippen LogP contribution in [0.1, 0.15) is 37.7 Å². The van der Waals surface area contributed by atoms with Gasteiger partial charge in [-0.15, -0.1) is 0 Å². The highest BCUT2D eigenvalue weighted by Gasteiger charge is 2.25. The summed E-state index contributed by atoms with van der Waals surface area (Å²) in [4.78, 5) is 30.0. The number of benzene rings is 1. The topological polar surface area (TPSA) is 43.9 Å². The summed E-state index contributed by atoms with van der Waals surface area (Å²) in [6, 6.07) is 10.7. The molecular weight excluding hydrogens is 314 g/mol. The first-order valence-corrected chi connectivity index (χ1v) is 9.44. The molecule has 0 aliphatic carbocycles. The highest BCUT2D eigenvalue weighted by molar-refractivity contribution is 5.79. The molecule has 0 bridgehead atoms. The van der Waals surface area contributed by atoms with Crippen LogP contribution in [0.2, 0.25) is 0 Å². The minimum Gasteiger partial charge on any atom is -0.339 e. The summed E-state index contributed by atoms with van der Waals surface area (Å²) in [5, 5.41) is 0. The van der Waals surface area contributed by atoms with E-state index in [1.54, 1.807) is 6.92 Å². The first-order chi connectivity index (χ1) is 12.1. The van der Waals surface area contributed by atoms with Crippen molar-refractivity contribution in [3.05, 3.63) is 35.9 Å². The van der Waals surface area contributed by atoms with Crippen molar-refractivity contribution in [2.45, 2.75) is 32.1 Å². The Balaban J connectivity index is 1.47. The molecule has 2 heterocycles.